The fourth-order valence-corrected chi connectivity index (χ4v) is 4.92. The maximum atomic E-state index is 2.61. The minimum Gasteiger partial charge on any atom is -0.0853 e. The van der Waals surface area contributed by atoms with Crippen LogP contribution in [0.1, 0.15) is 115 Å². The lowest BCUT2D eigenvalue weighted by atomic mass is 9.85. The first-order valence-corrected chi connectivity index (χ1v) is 12.5. The Bertz CT molecular complexity index is 536. The van der Waals surface area contributed by atoms with Crippen molar-refractivity contribution in [2.24, 2.45) is 11.8 Å². The van der Waals surface area contributed by atoms with E-state index in [4.69, 9.17) is 0 Å². The summed E-state index contributed by atoms with van der Waals surface area (Å²) in [6.07, 6.45) is 23.2. The van der Waals surface area contributed by atoms with Crippen molar-refractivity contribution in [2.75, 3.05) is 0 Å². The van der Waals surface area contributed by atoms with Crippen LogP contribution in [0.3, 0.4) is 0 Å². The maximum Gasteiger partial charge on any atom is -0.0279 e. The second kappa shape index (κ2) is 14.0. The van der Waals surface area contributed by atoms with E-state index in [1.54, 1.807) is 5.57 Å². The standard InChI is InChI=1S/C28H46/c1-4-11-26(13-9-10-15-27-20-17-25(6-3)18-21-27)22-23-28-14-8-7-12-24(5-2)16-19-28/h14,17-18,20-21,24,26H,4-13,15-16,19,22-23H2,1-3H3. The lowest BCUT2D eigenvalue weighted by molar-refractivity contribution is 0.385. The predicted molar refractivity (Wildman–Crippen MR) is 126 cm³/mol. The van der Waals surface area contributed by atoms with Crippen molar-refractivity contribution in [3.05, 3.63) is 47.0 Å². The van der Waals surface area contributed by atoms with E-state index in [1.807, 2.05) is 0 Å². The van der Waals surface area contributed by atoms with Crippen LogP contribution in [0.2, 0.25) is 0 Å². The molecular formula is C28H46. The van der Waals surface area contributed by atoms with Crippen molar-refractivity contribution in [3.8, 4) is 0 Å². The minimum atomic E-state index is 0.945. The number of hydrogen-bond acceptors (Lipinski definition) is 0. The molecule has 0 heterocycles. The average molecular weight is 383 g/mol. The monoisotopic (exact) mass is 382 g/mol. The number of benzene rings is 1. The van der Waals surface area contributed by atoms with Crippen LogP contribution in [-0.2, 0) is 12.8 Å². The summed E-state index contributed by atoms with van der Waals surface area (Å²) in [6, 6.07) is 9.29. The van der Waals surface area contributed by atoms with Gasteiger partial charge in [0.1, 0.15) is 0 Å². The normalized spacial score (nSPS) is 19.0. The van der Waals surface area contributed by atoms with Crippen LogP contribution >= 0.6 is 0 Å². The molecule has 0 radical (unpaired) electrons. The molecule has 0 saturated carbocycles. The summed E-state index contributed by atoms with van der Waals surface area (Å²) in [7, 11) is 0. The molecule has 2 unspecified atom stereocenters. The first kappa shape index (κ1) is 23.2. The van der Waals surface area contributed by atoms with Crippen LogP contribution in [0.4, 0.5) is 0 Å². The first-order chi connectivity index (χ1) is 13.7. The molecule has 158 valence electrons. The Morgan fingerprint density at radius 1 is 0.857 bits per heavy atom. The molecule has 28 heavy (non-hydrogen) atoms. The van der Waals surface area contributed by atoms with Gasteiger partial charge in [-0.2, -0.15) is 0 Å². The second-order valence-electron chi connectivity index (χ2n) is 9.22. The third-order valence-electron chi connectivity index (χ3n) is 7.03. The Morgan fingerprint density at radius 3 is 2.36 bits per heavy atom. The molecule has 0 aliphatic heterocycles. The van der Waals surface area contributed by atoms with E-state index in [0.717, 1.165) is 18.3 Å². The molecule has 0 fully saturated rings. The highest BCUT2D eigenvalue weighted by Crippen LogP contribution is 2.29. The molecule has 1 aliphatic carbocycles. The molecule has 0 bridgehead atoms. The van der Waals surface area contributed by atoms with Crippen LogP contribution in [0.25, 0.3) is 0 Å². The predicted octanol–water partition coefficient (Wildman–Crippen LogP) is 9.08. The van der Waals surface area contributed by atoms with E-state index >= 15 is 0 Å². The molecule has 1 aromatic carbocycles. The number of rotatable bonds is 12. The summed E-state index contributed by atoms with van der Waals surface area (Å²) in [5.41, 5.74) is 4.77. The molecular weight excluding hydrogens is 336 g/mol. The number of hydrogen-bond donors (Lipinski definition) is 0. The van der Waals surface area contributed by atoms with Crippen molar-refractivity contribution < 1.29 is 0 Å². The van der Waals surface area contributed by atoms with Crippen molar-refractivity contribution in [3.63, 3.8) is 0 Å². The Hall–Kier alpha value is -1.04. The van der Waals surface area contributed by atoms with Crippen LogP contribution in [0.5, 0.6) is 0 Å². The average Bonchev–Trinajstić information content (AvgIpc) is 2.71. The van der Waals surface area contributed by atoms with Gasteiger partial charge in [-0.15, -0.1) is 0 Å². The Labute approximate surface area is 176 Å². The van der Waals surface area contributed by atoms with Crippen molar-refractivity contribution in [2.45, 2.75) is 117 Å². The molecule has 0 N–H and O–H groups in total. The summed E-state index contributed by atoms with van der Waals surface area (Å²) in [4.78, 5) is 0. The van der Waals surface area contributed by atoms with Crippen LogP contribution in [-0.4, -0.2) is 0 Å². The van der Waals surface area contributed by atoms with Crippen LogP contribution in [0.15, 0.2) is 35.9 Å². The number of allylic oxidation sites excluding steroid dienone is 2. The van der Waals surface area contributed by atoms with Gasteiger partial charge in [-0.25, -0.2) is 0 Å². The molecule has 2 atom stereocenters. The van der Waals surface area contributed by atoms with Crippen LogP contribution < -0.4 is 0 Å². The van der Waals surface area contributed by atoms with Gasteiger partial charge in [-0.05, 0) is 80.8 Å². The molecule has 0 nitrogen and oxygen atoms in total. The number of unbranched alkanes of at least 4 members (excludes halogenated alkanes) is 1. The zero-order valence-electron chi connectivity index (χ0n) is 19.1. The highest BCUT2D eigenvalue weighted by atomic mass is 14.2. The van der Waals surface area contributed by atoms with E-state index in [-0.39, 0.29) is 0 Å². The van der Waals surface area contributed by atoms with Gasteiger partial charge < -0.3 is 0 Å². The fraction of sp³-hybridized carbons (Fsp3) is 0.714. The Balaban J connectivity index is 1.69. The van der Waals surface area contributed by atoms with E-state index < -0.39 is 0 Å². The highest BCUT2D eigenvalue weighted by molar-refractivity contribution is 5.22. The van der Waals surface area contributed by atoms with Gasteiger partial charge in [0.2, 0.25) is 0 Å². The largest absolute Gasteiger partial charge is 0.0853 e. The SMILES string of the molecule is CCCC(CCCCc1ccc(CC)cc1)CCC1=CCCCC(CC)CC1. The zero-order chi connectivity index (χ0) is 20.0. The third kappa shape index (κ3) is 8.97. The topological polar surface area (TPSA) is 0 Å². The lowest BCUT2D eigenvalue weighted by Gasteiger charge is -2.21. The maximum absolute atomic E-state index is 2.61. The fourth-order valence-electron chi connectivity index (χ4n) is 4.92. The molecule has 2 rings (SSSR count). The Morgan fingerprint density at radius 2 is 1.64 bits per heavy atom. The molecule has 0 heteroatoms. The van der Waals surface area contributed by atoms with E-state index in [0.29, 0.717) is 0 Å². The quantitative estimate of drug-likeness (QED) is 0.250. The van der Waals surface area contributed by atoms with Gasteiger partial charge >= 0.3 is 0 Å². The van der Waals surface area contributed by atoms with E-state index in [1.165, 1.54) is 101 Å². The summed E-state index contributed by atoms with van der Waals surface area (Å²) in [5.74, 6) is 1.93. The van der Waals surface area contributed by atoms with Gasteiger partial charge in [-0.3, -0.25) is 0 Å². The summed E-state index contributed by atoms with van der Waals surface area (Å²) >= 11 is 0. The molecule has 0 aromatic heterocycles. The highest BCUT2D eigenvalue weighted by Gasteiger charge is 2.13. The van der Waals surface area contributed by atoms with Crippen LogP contribution in [0, 0.1) is 11.8 Å². The number of aryl methyl sites for hydroxylation is 2. The van der Waals surface area contributed by atoms with Crippen molar-refractivity contribution in [1.82, 2.24) is 0 Å². The van der Waals surface area contributed by atoms with Gasteiger partial charge in [0.05, 0.1) is 0 Å². The second-order valence-corrected chi connectivity index (χ2v) is 9.22. The lowest BCUT2D eigenvalue weighted by Crippen LogP contribution is -2.05. The van der Waals surface area contributed by atoms with Crippen molar-refractivity contribution in [1.29, 1.82) is 0 Å². The minimum absolute atomic E-state index is 0.945. The molecule has 1 aliphatic rings. The van der Waals surface area contributed by atoms with Crippen molar-refractivity contribution >= 4 is 0 Å². The summed E-state index contributed by atoms with van der Waals surface area (Å²) < 4.78 is 0. The molecule has 0 saturated heterocycles. The summed E-state index contributed by atoms with van der Waals surface area (Å²) in [6.45, 7) is 6.98. The molecule has 0 amide bonds. The van der Waals surface area contributed by atoms with Gasteiger partial charge in [0.15, 0.2) is 0 Å². The first-order valence-electron chi connectivity index (χ1n) is 12.5. The van der Waals surface area contributed by atoms with Gasteiger partial charge in [0.25, 0.3) is 0 Å². The van der Waals surface area contributed by atoms with E-state index in [2.05, 4.69) is 51.1 Å². The van der Waals surface area contributed by atoms with Gasteiger partial charge in [0, 0.05) is 0 Å². The zero-order valence-corrected chi connectivity index (χ0v) is 19.1. The summed E-state index contributed by atoms with van der Waals surface area (Å²) in [5, 5.41) is 0. The van der Waals surface area contributed by atoms with E-state index in [9.17, 15) is 0 Å². The molecule has 1 aromatic rings. The Kier molecular flexibility index (Phi) is 11.6. The molecule has 0 spiro atoms. The third-order valence-corrected chi connectivity index (χ3v) is 7.03. The smallest absolute Gasteiger partial charge is 0.0279 e. The van der Waals surface area contributed by atoms with Gasteiger partial charge in [-0.1, -0.05) is 95.2 Å².